The second kappa shape index (κ2) is 7.69. The number of carbonyl (C=O) groups is 1. The van der Waals surface area contributed by atoms with Crippen LogP contribution in [0.25, 0.3) is 0 Å². The Kier molecular flexibility index (Phi) is 4.91. The third-order valence-corrected chi connectivity index (χ3v) is 6.61. The largest absolute Gasteiger partial charge is 0.317 e. The van der Waals surface area contributed by atoms with E-state index in [0.717, 1.165) is 36.7 Å². The van der Waals surface area contributed by atoms with Gasteiger partial charge < -0.3 is 15.5 Å². The van der Waals surface area contributed by atoms with Gasteiger partial charge in [0.15, 0.2) is 0 Å². The first kappa shape index (κ1) is 17.9. The molecular weight excluding hydrogens is 346 g/mol. The van der Waals surface area contributed by atoms with E-state index in [0.29, 0.717) is 12.0 Å². The normalized spacial score (nSPS) is 24.2. The molecule has 0 unspecified atom stereocenters. The standard InChI is InChI=1S/C24H29N3O/c28-24(18-4-2-1-3-5-18)27-13-10-20-14-19(6-7-23(20)27)21-15-22(21)26-16-17-8-11-25-12-9-17/h1-7,14,17,21-22,25-26H,8-13,15-16H2/t21-,22+/m0/s1. The lowest BCUT2D eigenvalue weighted by molar-refractivity contribution is 0.0989. The van der Waals surface area contributed by atoms with Crippen molar-refractivity contribution < 1.29 is 4.79 Å². The number of hydrogen-bond donors (Lipinski definition) is 2. The molecule has 2 aromatic rings. The van der Waals surface area contributed by atoms with Crippen LogP contribution < -0.4 is 15.5 Å². The predicted molar refractivity (Wildman–Crippen MR) is 113 cm³/mol. The van der Waals surface area contributed by atoms with Gasteiger partial charge in [-0.25, -0.2) is 0 Å². The maximum absolute atomic E-state index is 12.8. The molecule has 2 aromatic carbocycles. The average Bonchev–Trinajstić information content (AvgIpc) is 3.42. The molecule has 2 atom stereocenters. The van der Waals surface area contributed by atoms with Crippen molar-refractivity contribution in [2.75, 3.05) is 31.1 Å². The Labute approximate surface area is 167 Å². The summed E-state index contributed by atoms with van der Waals surface area (Å²) in [6.07, 6.45) is 4.81. The van der Waals surface area contributed by atoms with Crippen LogP contribution in [0.1, 0.15) is 46.7 Å². The second-order valence-corrected chi connectivity index (χ2v) is 8.51. The monoisotopic (exact) mass is 375 g/mol. The van der Waals surface area contributed by atoms with Gasteiger partial charge >= 0.3 is 0 Å². The molecule has 3 aliphatic rings. The quantitative estimate of drug-likeness (QED) is 0.843. The molecule has 0 bridgehead atoms. The minimum atomic E-state index is 0.111. The van der Waals surface area contributed by atoms with Crippen molar-refractivity contribution in [3.63, 3.8) is 0 Å². The van der Waals surface area contributed by atoms with E-state index in [2.05, 4.69) is 28.8 Å². The molecule has 2 aliphatic heterocycles. The van der Waals surface area contributed by atoms with E-state index in [4.69, 9.17) is 0 Å². The van der Waals surface area contributed by atoms with Gasteiger partial charge in [0.25, 0.3) is 5.91 Å². The van der Waals surface area contributed by atoms with E-state index in [1.54, 1.807) is 0 Å². The van der Waals surface area contributed by atoms with E-state index in [1.165, 1.54) is 43.5 Å². The van der Waals surface area contributed by atoms with Gasteiger partial charge in [-0.2, -0.15) is 0 Å². The summed E-state index contributed by atoms with van der Waals surface area (Å²) in [5.41, 5.74) is 4.63. The molecule has 28 heavy (non-hydrogen) atoms. The van der Waals surface area contributed by atoms with Crippen LogP contribution in [-0.2, 0) is 6.42 Å². The number of anilines is 1. The van der Waals surface area contributed by atoms with E-state index >= 15 is 0 Å². The van der Waals surface area contributed by atoms with Crippen LogP contribution in [0, 0.1) is 5.92 Å². The highest BCUT2D eigenvalue weighted by atomic mass is 16.2. The van der Waals surface area contributed by atoms with Crippen molar-refractivity contribution in [3.05, 3.63) is 65.2 Å². The zero-order chi connectivity index (χ0) is 18.9. The highest BCUT2D eigenvalue weighted by Gasteiger charge is 2.39. The van der Waals surface area contributed by atoms with Crippen LogP contribution in [0.3, 0.4) is 0 Å². The lowest BCUT2D eigenvalue weighted by Gasteiger charge is -2.23. The fourth-order valence-corrected chi connectivity index (χ4v) is 4.79. The van der Waals surface area contributed by atoms with Crippen LogP contribution in [0.2, 0.25) is 0 Å². The van der Waals surface area contributed by atoms with Crippen molar-refractivity contribution in [2.45, 2.75) is 37.6 Å². The molecule has 1 aliphatic carbocycles. The maximum atomic E-state index is 12.8. The van der Waals surface area contributed by atoms with Crippen LogP contribution in [0.15, 0.2) is 48.5 Å². The first-order chi connectivity index (χ1) is 13.8. The number of benzene rings is 2. The van der Waals surface area contributed by atoms with Crippen molar-refractivity contribution in [3.8, 4) is 0 Å². The molecule has 2 N–H and O–H groups in total. The van der Waals surface area contributed by atoms with Gasteiger partial charge in [0, 0.05) is 29.8 Å². The number of rotatable bonds is 5. The van der Waals surface area contributed by atoms with E-state index < -0.39 is 0 Å². The zero-order valence-electron chi connectivity index (χ0n) is 16.4. The molecule has 4 heteroatoms. The molecule has 0 radical (unpaired) electrons. The number of hydrogen-bond acceptors (Lipinski definition) is 3. The van der Waals surface area contributed by atoms with Gasteiger partial charge in [-0.3, -0.25) is 4.79 Å². The van der Waals surface area contributed by atoms with Crippen LogP contribution in [-0.4, -0.2) is 38.1 Å². The summed E-state index contributed by atoms with van der Waals surface area (Å²) < 4.78 is 0. The Morgan fingerprint density at radius 1 is 1.11 bits per heavy atom. The van der Waals surface area contributed by atoms with Gasteiger partial charge in [-0.05, 0) is 80.6 Å². The minimum absolute atomic E-state index is 0.111. The third kappa shape index (κ3) is 3.59. The SMILES string of the molecule is O=C(c1ccccc1)N1CCc2cc([C@@H]3C[C@H]3NCC3CCNCC3)ccc21. The van der Waals surface area contributed by atoms with Crippen LogP contribution in [0.4, 0.5) is 5.69 Å². The average molecular weight is 376 g/mol. The molecular formula is C24H29N3O. The number of nitrogens with zero attached hydrogens (tertiary/aromatic N) is 1. The third-order valence-electron chi connectivity index (χ3n) is 6.61. The summed E-state index contributed by atoms with van der Waals surface area (Å²) >= 11 is 0. The Morgan fingerprint density at radius 3 is 2.75 bits per heavy atom. The van der Waals surface area contributed by atoms with Gasteiger partial charge in [-0.15, -0.1) is 0 Å². The molecule has 0 aromatic heterocycles. The van der Waals surface area contributed by atoms with Gasteiger partial charge in [-0.1, -0.05) is 30.3 Å². The zero-order valence-corrected chi connectivity index (χ0v) is 16.4. The van der Waals surface area contributed by atoms with Gasteiger partial charge in [0.2, 0.25) is 0 Å². The Morgan fingerprint density at radius 2 is 1.93 bits per heavy atom. The fourth-order valence-electron chi connectivity index (χ4n) is 4.79. The smallest absolute Gasteiger partial charge is 0.258 e. The number of fused-ring (bicyclic) bond motifs is 1. The van der Waals surface area contributed by atoms with Crippen LogP contribution >= 0.6 is 0 Å². The molecule has 146 valence electrons. The number of nitrogens with one attached hydrogen (secondary N) is 2. The first-order valence-corrected chi connectivity index (χ1v) is 10.7. The molecule has 2 heterocycles. The van der Waals surface area contributed by atoms with Gasteiger partial charge in [0.05, 0.1) is 0 Å². The summed E-state index contributed by atoms with van der Waals surface area (Å²) in [7, 11) is 0. The Hall–Kier alpha value is -2.17. The van der Waals surface area contributed by atoms with Crippen molar-refractivity contribution >= 4 is 11.6 Å². The summed E-state index contributed by atoms with van der Waals surface area (Å²) in [6.45, 7) is 4.29. The second-order valence-electron chi connectivity index (χ2n) is 8.51. The topological polar surface area (TPSA) is 44.4 Å². The molecule has 1 saturated carbocycles. The summed E-state index contributed by atoms with van der Waals surface area (Å²) in [4.78, 5) is 14.8. The molecule has 0 spiro atoms. The predicted octanol–water partition coefficient (Wildman–Crippen LogP) is 3.33. The highest BCUT2D eigenvalue weighted by Crippen LogP contribution is 2.43. The van der Waals surface area contributed by atoms with E-state index in [9.17, 15) is 4.79 Å². The minimum Gasteiger partial charge on any atom is -0.317 e. The Bertz CT molecular complexity index is 844. The number of piperidine rings is 1. The maximum Gasteiger partial charge on any atom is 0.258 e. The molecule has 1 saturated heterocycles. The fraction of sp³-hybridized carbons (Fsp3) is 0.458. The lowest BCUT2D eigenvalue weighted by Crippen LogP contribution is -2.34. The molecule has 2 fully saturated rings. The van der Waals surface area contributed by atoms with Gasteiger partial charge in [0.1, 0.15) is 0 Å². The Balaban J connectivity index is 1.22. The summed E-state index contributed by atoms with van der Waals surface area (Å²) in [6, 6.07) is 17.0. The number of amides is 1. The summed E-state index contributed by atoms with van der Waals surface area (Å²) in [5, 5.41) is 7.24. The molecule has 1 amide bonds. The summed E-state index contributed by atoms with van der Waals surface area (Å²) in [5.74, 6) is 1.59. The van der Waals surface area contributed by atoms with E-state index in [-0.39, 0.29) is 5.91 Å². The molecule has 4 nitrogen and oxygen atoms in total. The van der Waals surface area contributed by atoms with E-state index in [1.807, 2.05) is 35.2 Å². The lowest BCUT2D eigenvalue weighted by atomic mass is 9.98. The van der Waals surface area contributed by atoms with Crippen LogP contribution in [0.5, 0.6) is 0 Å². The van der Waals surface area contributed by atoms with Crippen molar-refractivity contribution in [1.82, 2.24) is 10.6 Å². The van der Waals surface area contributed by atoms with Crippen molar-refractivity contribution in [1.29, 1.82) is 0 Å². The van der Waals surface area contributed by atoms with Crippen molar-refractivity contribution in [2.24, 2.45) is 5.92 Å². The molecule has 5 rings (SSSR count). The highest BCUT2D eigenvalue weighted by molar-refractivity contribution is 6.07. The number of carbonyl (C=O) groups excluding carboxylic acids is 1. The first-order valence-electron chi connectivity index (χ1n) is 10.7.